The second kappa shape index (κ2) is 7.50. The zero-order chi connectivity index (χ0) is 19.9. The molecule has 2 aromatic heterocycles. The number of anilines is 1. The van der Waals surface area contributed by atoms with Crippen LogP contribution in [0.3, 0.4) is 0 Å². The van der Waals surface area contributed by atoms with Gasteiger partial charge in [-0.15, -0.1) is 11.3 Å². The third-order valence-electron chi connectivity index (χ3n) is 5.80. The van der Waals surface area contributed by atoms with Crippen LogP contribution in [0, 0.1) is 0 Å². The van der Waals surface area contributed by atoms with Crippen molar-refractivity contribution in [1.29, 1.82) is 0 Å². The van der Waals surface area contributed by atoms with Gasteiger partial charge in [-0.25, -0.2) is 9.78 Å². The van der Waals surface area contributed by atoms with Crippen molar-refractivity contribution in [2.75, 3.05) is 18.4 Å². The molecule has 1 fully saturated rings. The maximum absolute atomic E-state index is 12.9. The van der Waals surface area contributed by atoms with Crippen LogP contribution < -0.4 is 5.32 Å². The number of aryl methyl sites for hydroxylation is 3. The Bertz CT molecular complexity index is 839. The van der Waals surface area contributed by atoms with Gasteiger partial charge in [-0.05, 0) is 38.5 Å². The number of aromatic nitrogens is 3. The zero-order valence-corrected chi connectivity index (χ0v) is 18.2. The summed E-state index contributed by atoms with van der Waals surface area (Å²) >= 11 is 1.88. The highest BCUT2D eigenvalue weighted by atomic mass is 32.1. The minimum atomic E-state index is -0.0408. The van der Waals surface area contributed by atoms with E-state index in [4.69, 9.17) is 4.98 Å². The Morgan fingerprint density at radius 2 is 2.04 bits per heavy atom. The fourth-order valence-electron chi connectivity index (χ4n) is 4.05. The Hall–Kier alpha value is -1.89. The second-order valence-corrected chi connectivity index (χ2v) is 10.2. The van der Waals surface area contributed by atoms with Gasteiger partial charge in [0.05, 0.1) is 16.4 Å². The number of amides is 2. The summed E-state index contributed by atoms with van der Waals surface area (Å²) in [4.78, 5) is 21.3. The lowest BCUT2D eigenvalue weighted by Crippen LogP contribution is -2.41. The average Bonchev–Trinajstić information content (AvgIpc) is 3.25. The van der Waals surface area contributed by atoms with Crippen molar-refractivity contribution in [3.05, 3.63) is 27.3 Å². The number of rotatable bonds is 2. The van der Waals surface area contributed by atoms with E-state index in [1.54, 1.807) is 4.68 Å². The molecule has 2 aromatic rings. The Balaban J connectivity index is 1.44. The summed E-state index contributed by atoms with van der Waals surface area (Å²) in [7, 11) is 1.88. The van der Waals surface area contributed by atoms with Gasteiger partial charge in [-0.1, -0.05) is 20.8 Å². The fraction of sp³-hybridized carbons (Fsp3) is 0.667. The average molecular weight is 402 g/mol. The molecule has 3 heterocycles. The third kappa shape index (κ3) is 3.95. The highest BCUT2D eigenvalue weighted by molar-refractivity contribution is 7.11. The number of nitrogens with one attached hydrogen (secondary N) is 1. The Morgan fingerprint density at radius 1 is 1.25 bits per heavy atom. The van der Waals surface area contributed by atoms with Crippen LogP contribution in [0.25, 0.3) is 0 Å². The summed E-state index contributed by atoms with van der Waals surface area (Å²) in [6.45, 7) is 7.94. The molecule has 0 radical (unpaired) electrons. The molecule has 1 unspecified atom stereocenters. The number of hydrogen-bond donors (Lipinski definition) is 1. The number of urea groups is 1. The van der Waals surface area contributed by atoms with E-state index in [2.05, 4.69) is 31.2 Å². The molecule has 0 aromatic carbocycles. The lowest BCUT2D eigenvalue weighted by Gasteiger charge is -2.31. The van der Waals surface area contributed by atoms with Crippen molar-refractivity contribution in [3.63, 3.8) is 0 Å². The van der Waals surface area contributed by atoms with Gasteiger partial charge < -0.3 is 4.90 Å². The molecule has 0 spiro atoms. The van der Waals surface area contributed by atoms with E-state index in [1.807, 2.05) is 29.4 Å². The largest absolute Gasteiger partial charge is 0.324 e. The molecule has 2 amide bonds. The molecular formula is C21H31N5OS. The van der Waals surface area contributed by atoms with Gasteiger partial charge in [0.15, 0.2) is 0 Å². The molecule has 1 aliphatic carbocycles. The lowest BCUT2D eigenvalue weighted by molar-refractivity contribution is 0.192. The topological polar surface area (TPSA) is 63.1 Å². The van der Waals surface area contributed by atoms with E-state index >= 15 is 0 Å². The first-order chi connectivity index (χ1) is 13.3. The van der Waals surface area contributed by atoms with E-state index in [-0.39, 0.29) is 11.4 Å². The predicted molar refractivity (Wildman–Crippen MR) is 113 cm³/mol. The van der Waals surface area contributed by atoms with Crippen LogP contribution in [0.1, 0.15) is 73.6 Å². The molecule has 28 heavy (non-hydrogen) atoms. The van der Waals surface area contributed by atoms with Crippen LogP contribution in [-0.2, 0) is 25.3 Å². The van der Waals surface area contributed by atoms with Crippen LogP contribution >= 0.6 is 11.3 Å². The first-order valence-electron chi connectivity index (χ1n) is 10.4. The van der Waals surface area contributed by atoms with Gasteiger partial charge in [0.1, 0.15) is 5.82 Å². The Morgan fingerprint density at radius 3 is 2.75 bits per heavy atom. The van der Waals surface area contributed by atoms with Crippen molar-refractivity contribution in [1.82, 2.24) is 19.7 Å². The van der Waals surface area contributed by atoms with Crippen molar-refractivity contribution in [2.45, 2.75) is 70.6 Å². The molecule has 2 aliphatic rings. The van der Waals surface area contributed by atoms with E-state index in [1.165, 1.54) is 34.8 Å². The first kappa shape index (κ1) is 19.4. The second-order valence-electron chi connectivity index (χ2n) is 9.13. The molecule has 4 rings (SSSR count). The molecule has 0 saturated carbocycles. The molecule has 1 saturated heterocycles. The predicted octanol–water partition coefficient (Wildman–Crippen LogP) is 4.46. The molecule has 1 N–H and O–H groups in total. The van der Waals surface area contributed by atoms with Crippen LogP contribution in [0.2, 0.25) is 0 Å². The smallest absolute Gasteiger partial charge is 0.323 e. The van der Waals surface area contributed by atoms with Gasteiger partial charge in [0, 0.05) is 42.4 Å². The summed E-state index contributed by atoms with van der Waals surface area (Å²) in [6.07, 6.45) is 7.00. The maximum Gasteiger partial charge on any atom is 0.323 e. The van der Waals surface area contributed by atoms with Gasteiger partial charge >= 0.3 is 6.03 Å². The number of carbonyl (C=O) groups excluding carboxylic acids is 1. The van der Waals surface area contributed by atoms with Gasteiger partial charge in [-0.2, -0.15) is 5.10 Å². The minimum Gasteiger partial charge on any atom is -0.324 e. The normalized spacial score (nSPS) is 20.1. The monoisotopic (exact) mass is 401 g/mol. The van der Waals surface area contributed by atoms with E-state index < -0.39 is 0 Å². The van der Waals surface area contributed by atoms with E-state index in [0.29, 0.717) is 5.92 Å². The highest BCUT2D eigenvalue weighted by Crippen LogP contribution is 2.35. The summed E-state index contributed by atoms with van der Waals surface area (Å²) in [5.74, 6) is 1.12. The fourth-order valence-corrected chi connectivity index (χ4v) is 5.33. The quantitative estimate of drug-likeness (QED) is 0.808. The molecule has 0 bridgehead atoms. The van der Waals surface area contributed by atoms with Crippen LogP contribution in [-0.4, -0.2) is 38.8 Å². The molecule has 7 heteroatoms. The summed E-state index contributed by atoms with van der Waals surface area (Å²) in [5, 5.41) is 8.85. The van der Waals surface area contributed by atoms with Crippen LogP contribution in [0.15, 0.2) is 6.07 Å². The summed E-state index contributed by atoms with van der Waals surface area (Å²) in [6, 6.07) is 1.95. The summed E-state index contributed by atoms with van der Waals surface area (Å²) in [5.41, 5.74) is 2.26. The van der Waals surface area contributed by atoms with Crippen molar-refractivity contribution >= 4 is 23.2 Å². The van der Waals surface area contributed by atoms with Crippen LogP contribution in [0.5, 0.6) is 0 Å². The molecule has 1 atom stereocenters. The number of hydrogen-bond acceptors (Lipinski definition) is 4. The zero-order valence-electron chi connectivity index (χ0n) is 17.4. The van der Waals surface area contributed by atoms with Crippen molar-refractivity contribution in [3.8, 4) is 0 Å². The van der Waals surface area contributed by atoms with Gasteiger partial charge in [-0.3, -0.25) is 10.00 Å². The highest BCUT2D eigenvalue weighted by Gasteiger charge is 2.29. The number of carbonyl (C=O) groups is 1. The van der Waals surface area contributed by atoms with E-state index in [0.717, 1.165) is 43.9 Å². The maximum atomic E-state index is 12.9. The van der Waals surface area contributed by atoms with Gasteiger partial charge in [0.2, 0.25) is 0 Å². The third-order valence-corrected chi connectivity index (χ3v) is 7.12. The molecular weight excluding hydrogens is 370 g/mol. The minimum absolute atomic E-state index is 0.0329. The van der Waals surface area contributed by atoms with E-state index in [9.17, 15) is 4.79 Å². The number of likely N-dealkylation sites (tertiary alicyclic amines) is 1. The Labute approximate surface area is 171 Å². The number of piperidine rings is 1. The van der Waals surface area contributed by atoms with Gasteiger partial charge in [0.25, 0.3) is 0 Å². The Kier molecular flexibility index (Phi) is 5.21. The molecule has 6 nitrogen and oxygen atoms in total. The first-order valence-corrected chi connectivity index (χ1v) is 11.2. The molecule has 1 aliphatic heterocycles. The van der Waals surface area contributed by atoms with Crippen LogP contribution in [0.4, 0.5) is 10.6 Å². The molecule has 152 valence electrons. The van der Waals surface area contributed by atoms with Crippen molar-refractivity contribution in [2.24, 2.45) is 7.05 Å². The number of thiazole rings is 1. The number of fused-ring (bicyclic) bond motifs is 1. The SMILES string of the molecule is Cn1nc(C(C)(C)C)cc1NC(=O)N1CCCC(c2nc3c(s2)CCCC3)C1. The lowest BCUT2D eigenvalue weighted by atomic mass is 9.92. The summed E-state index contributed by atoms with van der Waals surface area (Å²) < 4.78 is 1.76. The number of nitrogens with zero attached hydrogens (tertiary/aromatic N) is 4. The standard InChI is InChI=1S/C21H31N5OS/c1-21(2,3)17-12-18(25(4)24-17)23-20(27)26-11-7-8-14(13-26)19-22-15-9-5-6-10-16(15)28-19/h12,14H,5-11,13H2,1-4H3,(H,23,27). The van der Waals surface area contributed by atoms with Crippen molar-refractivity contribution < 1.29 is 4.79 Å².